The Labute approximate surface area is 149 Å². The van der Waals surface area contributed by atoms with Crippen LogP contribution in [0, 0.1) is 27.7 Å². The maximum Gasteiger partial charge on any atom is 0.240 e. The maximum atomic E-state index is 12.4. The lowest BCUT2D eigenvalue weighted by molar-refractivity contribution is -0.123. The first kappa shape index (κ1) is 18.7. The van der Waals surface area contributed by atoms with Gasteiger partial charge in [-0.2, -0.15) is 0 Å². The van der Waals surface area contributed by atoms with Gasteiger partial charge in [0.2, 0.25) is 11.8 Å². The second kappa shape index (κ2) is 7.97. The third kappa shape index (κ3) is 4.92. The smallest absolute Gasteiger partial charge is 0.240 e. The molecule has 2 rings (SSSR count). The summed E-state index contributed by atoms with van der Waals surface area (Å²) in [7, 11) is 0. The molecule has 0 spiro atoms. The van der Waals surface area contributed by atoms with Crippen LogP contribution in [0.2, 0.25) is 0 Å². The van der Waals surface area contributed by atoms with Gasteiger partial charge >= 0.3 is 0 Å². The Balaban J connectivity index is 2.10. The zero-order valence-corrected chi connectivity index (χ0v) is 15.6. The summed E-state index contributed by atoms with van der Waals surface area (Å²) < 4.78 is 0. The number of carbonyl (C=O) groups is 2. The predicted octanol–water partition coefficient (Wildman–Crippen LogP) is 3.59. The van der Waals surface area contributed by atoms with Crippen LogP contribution in [0.4, 0.5) is 5.69 Å². The number of aryl methyl sites for hydroxylation is 4. The number of carbonyl (C=O) groups excluding carboxylic acids is 2. The molecule has 4 heteroatoms. The molecule has 0 unspecified atom stereocenters. The lowest BCUT2D eigenvalue weighted by atomic mass is 10.0. The molecule has 2 aromatic carbocycles. The van der Waals surface area contributed by atoms with Gasteiger partial charge < -0.3 is 10.2 Å². The fourth-order valence-corrected chi connectivity index (χ4v) is 3.05. The molecular weight excluding hydrogens is 312 g/mol. The normalized spacial score (nSPS) is 10.4. The summed E-state index contributed by atoms with van der Waals surface area (Å²) in [6.07, 6.45) is 0. The molecule has 0 aliphatic carbocycles. The number of anilines is 1. The summed E-state index contributed by atoms with van der Waals surface area (Å²) in [6.45, 7) is 9.95. The van der Waals surface area contributed by atoms with Crippen LogP contribution < -0.4 is 10.2 Å². The zero-order valence-electron chi connectivity index (χ0n) is 15.6. The lowest BCUT2D eigenvalue weighted by Gasteiger charge is -2.25. The van der Waals surface area contributed by atoms with E-state index in [1.165, 1.54) is 12.5 Å². The van der Waals surface area contributed by atoms with Crippen molar-refractivity contribution in [2.45, 2.75) is 41.2 Å². The minimum atomic E-state index is -0.171. The summed E-state index contributed by atoms with van der Waals surface area (Å²) >= 11 is 0. The van der Waals surface area contributed by atoms with Crippen LogP contribution >= 0.6 is 0 Å². The van der Waals surface area contributed by atoms with Crippen LogP contribution in [0.25, 0.3) is 0 Å². The number of nitrogens with one attached hydrogen (secondary N) is 1. The van der Waals surface area contributed by atoms with E-state index in [1.807, 2.05) is 64.1 Å². The van der Waals surface area contributed by atoms with Crippen LogP contribution in [-0.2, 0) is 16.1 Å². The van der Waals surface area contributed by atoms with Crippen LogP contribution in [0.3, 0.4) is 0 Å². The molecule has 0 aromatic heterocycles. The quantitative estimate of drug-likeness (QED) is 0.906. The average molecular weight is 338 g/mol. The fraction of sp³-hybridized carbons (Fsp3) is 0.333. The molecule has 0 atom stereocenters. The van der Waals surface area contributed by atoms with Gasteiger partial charge in [0, 0.05) is 13.5 Å². The second-order valence-corrected chi connectivity index (χ2v) is 6.61. The van der Waals surface area contributed by atoms with E-state index in [9.17, 15) is 9.59 Å². The molecule has 0 radical (unpaired) electrons. The highest BCUT2D eigenvalue weighted by atomic mass is 16.2. The first-order valence-electron chi connectivity index (χ1n) is 8.46. The van der Waals surface area contributed by atoms with Crippen LogP contribution in [-0.4, -0.2) is 18.4 Å². The molecule has 132 valence electrons. The van der Waals surface area contributed by atoms with Crippen molar-refractivity contribution in [1.29, 1.82) is 0 Å². The van der Waals surface area contributed by atoms with Crippen molar-refractivity contribution in [2.75, 3.05) is 11.4 Å². The molecule has 25 heavy (non-hydrogen) atoms. The topological polar surface area (TPSA) is 49.4 Å². The molecule has 2 aromatic rings. The molecule has 4 nitrogen and oxygen atoms in total. The summed E-state index contributed by atoms with van der Waals surface area (Å²) in [5.41, 5.74) is 6.19. The van der Waals surface area contributed by atoms with Crippen molar-refractivity contribution in [3.8, 4) is 0 Å². The minimum absolute atomic E-state index is 0.0198. The van der Waals surface area contributed by atoms with E-state index in [0.29, 0.717) is 6.54 Å². The van der Waals surface area contributed by atoms with Crippen LogP contribution in [0.15, 0.2) is 36.4 Å². The Bertz CT molecular complexity index is 756. The van der Waals surface area contributed by atoms with Crippen molar-refractivity contribution >= 4 is 17.5 Å². The van der Waals surface area contributed by atoms with Gasteiger partial charge in [0.15, 0.2) is 0 Å². The van der Waals surface area contributed by atoms with E-state index in [2.05, 4.69) is 5.32 Å². The largest absolute Gasteiger partial charge is 0.350 e. The molecular formula is C21H26N2O2. The van der Waals surface area contributed by atoms with Crippen molar-refractivity contribution in [1.82, 2.24) is 5.32 Å². The third-order valence-electron chi connectivity index (χ3n) is 4.20. The number of rotatable bonds is 5. The number of amides is 2. The number of hydrogen-bond acceptors (Lipinski definition) is 2. The molecule has 0 bridgehead atoms. The Kier molecular flexibility index (Phi) is 5.97. The highest BCUT2D eigenvalue weighted by molar-refractivity contribution is 5.98. The van der Waals surface area contributed by atoms with E-state index in [4.69, 9.17) is 0 Å². The molecule has 0 saturated carbocycles. The molecule has 0 aliphatic heterocycles. The van der Waals surface area contributed by atoms with E-state index < -0.39 is 0 Å². The molecule has 0 saturated heterocycles. The van der Waals surface area contributed by atoms with E-state index >= 15 is 0 Å². The third-order valence-corrected chi connectivity index (χ3v) is 4.20. The minimum Gasteiger partial charge on any atom is -0.350 e. The monoisotopic (exact) mass is 338 g/mol. The molecule has 2 amide bonds. The highest BCUT2D eigenvalue weighted by Crippen LogP contribution is 2.26. The van der Waals surface area contributed by atoms with Gasteiger partial charge in [-0.05, 0) is 44.4 Å². The Morgan fingerprint density at radius 1 is 0.920 bits per heavy atom. The Hall–Kier alpha value is -2.62. The van der Waals surface area contributed by atoms with Gasteiger partial charge in [0.1, 0.15) is 6.54 Å². The van der Waals surface area contributed by atoms with Crippen molar-refractivity contribution in [3.63, 3.8) is 0 Å². The van der Waals surface area contributed by atoms with Crippen molar-refractivity contribution in [3.05, 3.63) is 64.2 Å². The summed E-state index contributed by atoms with van der Waals surface area (Å²) in [5.74, 6) is -0.310. The van der Waals surface area contributed by atoms with Gasteiger partial charge in [-0.25, -0.2) is 0 Å². The maximum absolute atomic E-state index is 12.4. The lowest BCUT2D eigenvalue weighted by Crippen LogP contribution is -2.40. The summed E-state index contributed by atoms with van der Waals surface area (Å²) in [5, 5.41) is 2.89. The Morgan fingerprint density at radius 2 is 1.48 bits per heavy atom. The standard InChI is InChI=1S/C21H26N2O2/c1-14-6-8-19(9-7-14)12-22-20(25)13-23(18(5)24)21-16(3)10-15(2)11-17(21)4/h6-11H,12-13H2,1-5H3,(H,22,25). The van der Waals surface area contributed by atoms with Gasteiger partial charge in [-0.3, -0.25) is 9.59 Å². The first-order valence-corrected chi connectivity index (χ1v) is 8.46. The average Bonchev–Trinajstić information content (AvgIpc) is 2.52. The van der Waals surface area contributed by atoms with Gasteiger partial charge in [0.05, 0.1) is 5.69 Å². The molecule has 0 heterocycles. The van der Waals surface area contributed by atoms with E-state index in [1.54, 1.807) is 4.90 Å². The van der Waals surface area contributed by atoms with Crippen molar-refractivity contribution < 1.29 is 9.59 Å². The molecule has 0 aliphatic rings. The van der Waals surface area contributed by atoms with Gasteiger partial charge in [0.25, 0.3) is 0 Å². The predicted molar refractivity (Wildman–Crippen MR) is 102 cm³/mol. The highest BCUT2D eigenvalue weighted by Gasteiger charge is 2.19. The van der Waals surface area contributed by atoms with Crippen molar-refractivity contribution in [2.24, 2.45) is 0 Å². The van der Waals surface area contributed by atoms with Crippen LogP contribution in [0.5, 0.6) is 0 Å². The SMILES string of the molecule is CC(=O)N(CC(=O)NCc1ccc(C)cc1)c1c(C)cc(C)cc1C. The number of nitrogens with zero attached hydrogens (tertiary/aromatic N) is 1. The molecule has 0 fully saturated rings. The van der Waals surface area contributed by atoms with E-state index in [-0.39, 0.29) is 18.4 Å². The Morgan fingerprint density at radius 3 is 2.00 bits per heavy atom. The van der Waals surface area contributed by atoms with Gasteiger partial charge in [-0.1, -0.05) is 47.5 Å². The summed E-state index contributed by atoms with van der Waals surface area (Å²) in [6, 6.07) is 12.1. The van der Waals surface area contributed by atoms with Crippen LogP contribution in [0.1, 0.15) is 34.7 Å². The second-order valence-electron chi connectivity index (χ2n) is 6.61. The molecule has 1 N–H and O–H groups in total. The first-order chi connectivity index (χ1) is 11.8. The zero-order chi connectivity index (χ0) is 18.6. The van der Waals surface area contributed by atoms with E-state index in [0.717, 1.165) is 27.9 Å². The fourth-order valence-electron chi connectivity index (χ4n) is 3.05. The summed E-state index contributed by atoms with van der Waals surface area (Å²) in [4.78, 5) is 26.0. The van der Waals surface area contributed by atoms with Gasteiger partial charge in [-0.15, -0.1) is 0 Å². The number of benzene rings is 2. The number of hydrogen-bond donors (Lipinski definition) is 1.